The van der Waals surface area contributed by atoms with E-state index in [0.29, 0.717) is 4.88 Å². The van der Waals surface area contributed by atoms with Crippen LogP contribution in [0, 0.1) is 0 Å². The van der Waals surface area contributed by atoms with Crippen LogP contribution in [0.1, 0.15) is 9.67 Å². The van der Waals surface area contributed by atoms with E-state index in [1.165, 1.54) is 6.07 Å². The lowest BCUT2D eigenvalue weighted by atomic mass is 10.5. The first-order chi connectivity index (χ1) is 5.49. The van der Waals surface area contributed by atoms with Gasteiger partial charge in [-0.2, -0.15) is 0 Å². The van der Waals surface area contributed by atoms with Crippen LogP contribution in [-0.2, 0) is 10.0 Å². The predicted octanol–water partition coefficient (Wildman–Crippen LogP) is 0.452. The van der Waals surface area contributed by atoms with Crippen molar-refractivity contribution >= 4 is 27.3 Å². The number of carbonyl (C=O) groups excluding carboxylic acids is 1. The first kappa shape index (κ1) is 9.21. The highest BCUT2D eigenvalue weighted by atomic mass is 32.2. The molecule has 0 unspecified atom stereocenters. The molecule has 0 spiro atoms. The monoisotopic (exact) mass is 204 g/mol. The van der Waals surface area contributed by atoms with Gasteiger partial charge < -0.3 is 0 Å². The van der Waals surface area contributed by atoms with Crippen LogP contribution in [0.3, 0.4) is 0 Å². The normalized spacial score (nSPS) is 11.1. The predicted molar refractivity (Wildman–Crippen MR) is 45.6 cm³/mol. The highest BCUT2D eigenvalue weighted by Gasteiger charge is 2.13. The highest BCUT2D eigenvalue weighted by molar-refractivity contribution is 7.89. The SMILES string of the molecule is CS(=O)(=O)[N]C(=O)c1cccs1. The number of nitrogens with zero attached hydrogens (tertiary/aromatic N) is 1. The Morgan fingerprint density at radius 3 is 2.67 bits per heavy atom. The molecule has 1 aromatic heterocycles. The lowest BCUT2D eigenvalue weighted by Crippen LogP contribution is -2.20. The molecule has 0 aliphatic heterocycles. The summed E-state index contributed by atoms with van der Waals surface area (Å²) in [7, 11) is -3.57. The molecular formula is C6H6NO3S2. The molecule has 0 saturated carbocycles. The van der Waals surface area contributed by atoms with Gasteiger partial charge in [-0.3, -0.25) is 4.79 Å². The van der Waals surface area contributed by atoms with E-state index in [1.54, 1.807) is 11.4 Å². The molecule has 1 heterocycles. The highest BCUT2D eigenvalue weighted by Crippen LogP contribution is 2.08. The number of rotatable bonds is 2. The second-order valence-corrected chi connectivity index (χ2v) is 4.70. The Kier molecular flexibility index (Phi) is 2.49. The second kappa shape index (κ2) is 3.24. The first-order valence-corrected chi connectivity index (χ1v) is 5.73. The van der Waals surface area contributed by atoms with E-state index >= 15 is 0 Å². The summed E-state index contributed by atoms with van der Waals surface area (Å²) in [4.78, 5) is 11.3. The van der Waals surface area contributed by atoms with Gasteiger partial charge in [0.05, 0.1) is 11.1 Å². The summed E-state index contributed by atoms with van der Waals surface area (Å²) in [6.45, 7) is 0. The molecule has 1 radical (unpaired) electrons. The molecule has 0 fully saturated rings. The zero-order valence-corrected chi connectivity index (χ0v) is 7.85. The Bertz CT molecular complexity index is 366. The minimum atomic E-state index is -3.57. The van der Waals surface area contributed by atoms with E-state index in [0.717, 1.165) is 17.6 Å². The Hall–Kier alpha value is -0.880. The lowest BCUT2D eigenvalue weighted by molar-refractivity contribution is 0.0982. The molecule has 0 aliphatic rings. The largest absolute Gasteiger partial charge is 0.297 e. The van der Waals surface area contributed by atoms with Gasteiger partial charge in [0, 0.05) is 0 Å². The third-order valence-electron chi connectivity index (χ3n) is 0.981. The summed E-state index contributed by atoms with van der Waals surface area (Å²) in [5, 5.41) is 1.69. The molecule has 1 rings (SSSR count). The molecular weight excluding hydrogens is 198 g/mol. The number of hydrogen-bond donors (Lipinski definition) is 0. The van der Waals surface area contributed by atoms with Crippen LogP contribution >= 0.6 is 11.3 Å². The average Bonchev–Trinajstić information content (AvgIpc) is 2.32. The fraction of sp³-hybridized carbons (Fsp3) is 0.167. The molecule has 0 bridgehead atoms. The second-order valence-electron chi connectivity index (χ2n) is 2.11. The van der Waals surface area contributed by atoms with Crippen LogP contribution in [0.25, 0.3) is 0 Å². The zero-order valence-electron chi connectivity index (χ0n) is 6.22. The Morgan fingerprint density at radius 1 is 1.58 bits per heavy atom. The minimum absolute atomic E-state index is 0.334. The van der Waals surface area contributed by atoms with Crippen molar-refractivity contribution in [3.8, 4) is 0 Å². The summed E-state index contributed by atoms with van der Waals surface area (Å²) in [6, 6.07) is 3.19. The number of sulfonamides is 1. The van der Waals surface area contributed by atoms with Gasteiger partial charge in [0.1, 0.15) is 0 Å². The van der Waals surface area contributed by atoms with Gasteiger partial charge in [0.15, 0.2) is 0 Å². The van der Waals surface area contributed by atoms with Crippen molar-refractivity contribution in [2.24, 2.45) is 0 Å². The fourth-order valence-electron chi connectivity index (χ4n) is 0.596. The zero-order chi connectivity index (χ0) is 9.19. The van der Waals surface area contributed by atoms with E-state index in [4.69, 9.17) is 0 Å². The first-order valence-electron chi connectivity index (χ1n) is 3.00. The van der Waals surface area contributed by atoms with Crippen molar-refractivity contribution < 1.29 is 13.2 Å². The fourth-order valence-corrected chi connectivity index (χ4v) is 1.66. The molecule has 1 aromatic rings. The van der Waals surface area contributed by atoms with E-state index in [9.17, 15) is 13.2 Å². The maximum atomic E-state index is 11.0. The topological polar surface area (TPSA) is 65.3 Å². The molecule has 0 N–H and O–H groups in total. The van der Waals surface area contributed by atoms with Crippen molar-refractivity contribution in [1.29, 1.82) is 0 Å². The van der Waals surface area contributed by atoms with E-state index in [1.807, 2.05) is 0 Å². The average molecular weight is 204 g/mol. The van der Waals surface area contributed by atoms with Gasteiger partial charge in [-0.05, 0) is 11.4 Å². The Balaban J connectivity index is 2.76. The summed E-state index contributed by atoms with van der Waals surface area (Å²) >= 11 is 1.16. The van der Waals surface area contributed by atoms with Crippen LogP contribution in [-0.4, -0.2) is 20.6 Å². The van der Waals surface area contributed by atoms with Crippen molar-refractivity contribution in [2.45, 2.75) is 0 Å². The van der Waals surface area contributed by atoms with Crippen LogP contribution in [0.15, 0.2) is 17.5 Å². The standard InChI is InChI=1S/C6H6NO3S2/c1-12(9,10)7-6(8)5-3-2-4-11-5/h2-4H,1H3. The smallest absolute Gasteiger partial charge is 0.265 e. The van der Waals surface area contributed by atoms with E-state index in [-0.39, 0.29) is 0 Å². The third kappa shape index (κ3) is 2.63. The summed E-state index contributed by atoms with van der Waals surface area (Å²) in [5.74, 6) is -0.701. The molecule has 12 heavy (non-hydrogen) atoms. The van der Waals surface area contributed by atoms with Crippen molar-refractivity contribution in [2.75, 3.05) is 6.26 Å². The molecule has 0 atom stereocenters. The van der Waals surface area contributed by atoms with Gasteiger partial charge >= 0.3 is 0 Å². The number of carbonyl (C=O) groups is 1. The van der Waals surface area contributed by atoms with Gasteiger partial charge in [-0.15, -0.1) is 16.1 Å². The van der Waals surface area contributed by atoms with E-state index in [2.05, 4.69) is 4.72 Å². The molecule has 6 heteroatoms. The van der Waals surface area contributed by atoms with Gasteiger partial charge in [0.25, 0.3) is 15.9 Å². The van der Waals surface area contributed by atoms with Crippen LogP contribution in [0.4, 0.5) is 0 Å². The van der Waals surface area contributed by atoms with Crippen LogP contribution in [0.5, 0.6) is 0 Å². The Labute approximate surface area is 74.3 Å². The molecule has 0 aliphatic carbocycles. The number of amides is 1. The van der Waals surface area contributed by atoms with Gasteiger partial charge in [-0.25, -0.2) is 8.42 Å². The Morgan fingerprint density at radius 2 is 2.25 bits per heavy atom. The molecule has 0 saturated heterocycles. The minimum Gasteiger partial charge on any atom is -0.265 e. The summed E-state index contributed by atoms with van der Waals surface area (Å²) < 4.78 is 24.1. The van der Waals surface area contributed by atoms with Crippen molar-refractivity contribution in [3.05, 3.63) is 22.4 Å². The molecule has 65 valence electrons. The number of hydrogen-bond acceptors (Lipinski definition) is 4. The maximum Gasteiger partial charge on any atom is 0.297 e. The third-order valence-corrected chi connectivity index (χ3v) is 2.34. The van der Waals surface area contributed by atoms with Crippen molar-refractivity contribution in [1.82, 2.24) is 4.72 Å². The van der Waals surface area contributed by atoms with Crippen LogP contribution < -0.4 is 4.72 Å². The quantitative estimate of drug-likeness (QED) is 0.702. The summed E-state index contributed by atoms with van der Waals surface area (Å²) in [6.07, 6.45) is 0.887. The summed E-state index contributed by atoms with van der Waals surface area (Å²) in [5.41, 5.74) is 0. The molecule has 4 nitrogen and oxygen atoms in total. The van der Waals surface area contributed by atoms with E-state index < -0.39 is 15.9 Å². The van der Waals surface area contributed by atoms with Crippen LogP contribution in [0.2, 0.25) is 0 Å². The maximum absolute atomic E-state index is 11.0. The van der Waals surface area contributed by atoms with Gasteiger partial charge in [-0.1, -0.05) is 6.07 Å². The molecule has 0 aromatic carbocycles. The lowest BCUT2D eigenvalue weighted by Gasteiger charge is -1.93. The van der Waals surface area contributed by atoms with Gasteiger partial charge in [0.2, 0.25) is 0 Å². The number of thiophene rings is 1. The molecule has 1 amide bonds. The van der Waals surface area contributed by atoms with Crippen molar-refractivity contribution in [3.63, 3.8) is 0 Å².